The Morgan fingerprint density at radius 2 is 2.00 bits per heavy atom. The highest BCUT2D eigenvalue weighted by molar-refractivity contribution is 7.20. The predicted octanol–water partition coefficient (Wildman–Crippen LogP) is 4.73. The van der Waals surface area contributed by atoms with Crippen LogP contribution in [-0.4, -0.2) is 5.11 Å². The summed E-state index contributed by atoms with van der Waals surface area (Å²) >= 11 is 3.44. The molecule has 1 nitrogen and oxygen atoms in total. The van der Waals surface area contributed by atoms with E-state index in [4.69, 9.17) is 0 Å². The van der Waals surface area contributed by atoms with E-state index in [-0.39, 0.29) is 0 Å². The molecule has 0 radical (unpaired) electrons. The lowest BCUT2D eigenvalue weighted by Gasteiger charge is -2.26. The van der Waals surface area contributed by atoms with Crippen molar-refractivity contribution in [3.05, 3.63) is 34.5 Å². The van der Waals surface area contributed by atoms with Crippen LogP contribution in [0.25, 0.3) is 9.75 Å². The molecule has 17 heavy (non-hydrogen) atoms. The van der Waals surface area contributed by atoms with Crippen LogP contribution in [0, 0.1) is 5.92 Å². The molecule has 1 atom stereocenters. The standard InChI is InChI=1S/C14H18OS2/c1-10(2)9-14(3,15)11-6-8-17-13(11)12-5-4-7-16-12/h4-8,10,15H,9H2,1-3H3. The van der Waals surface area contributed by atoms with Crippen LogP contribution >= 0.6 is 22.7 Å². The van der Waals surface area contributed by atoms with Crippen LogP contribution in [0.2, 0.25) is 0 Å². The van der Waals surface area contributed by atoms with Gasteiger partial charge in [-0.05, 0) is 42.2 Å². The summed E-state index contributed by atoms with van der Waals surface area (Å²) in [7, 11) is 0. The Balaban J connectivity index is 2.37. The summed E-state index contributed by atoms with van der Waals surface area (Å²) in [5, 5.41) is 14.8. The Kier molecular flexibility index (Phi) is 3.71. The average molecular weight is 266 g/mol. The van der Waals surface area contributed by atoms with E-state index in [2.05, 4.69) is 42.8 Å². The molecule has 2 heterocycles. The molecule has 0 aliphatic rings. The van der Waals surface area contributed by atoms with Crippen molar-refractivity contribution in [1.82, 2.24) is 0 Å². The van der Waals surface area contributed by atoms with E-state index >= 15 is 0 Å². The Morgan fingerprint density at radius 1 is 1.24 bits per heavy atom. The summed E-state index contributed by atoms with van der Waals surface area (Å²) in [6, 6.07) is 6.23. The molecule has 0 saturated carbocycles. The van der Waals surface area contributed by atoms with Crippen molar-refractivity contribution in [2.45, 2.75) is 32.8 Å². The molecule has 2 aromatic heterocycles. The predicted molar refractivity (Wildman–Crippen MR) is 76.7 cm³/mol. The summed E-state index contributed by atoms with van der Waals surface area (Å²) in [5.74, 6) is 0.487. The fourth-order valence-electron chi connectivity index (χ4n) is 2.24. The van der Waals surface area contributed by atoms with Gasteiger partial charge >= 0.3 is 0 Å². The van der Waals surface area contributed by atoms with Crippen LogP contribution in [0.3, 0.4) is 0 Å². The molecule has 2 rings (SSSR count). The SMILES string of the molecule is CC(C)CC(C)(O)c1ccsc1-c1cccs1. The van der Waals surface area contributed by atoms with Gasteiger partial charge < -0.3 is 5.11 Å². The highest BCUT2D eigenvalue weighted by atomic mass is 32.1. The van der Waals surface area contributed by atoms with Crippen LogP contribution in [0.1, 0.15) is 32.8 Å². The first-order valence-electron chi connectivity index (χ1n) is 5.85. The summed E-state index contributed by atoms with van der Waals surface area (Å²) in [4.78, 5) is 2.46. The molecule has 0 fully saturated rings. The van der Waals surface area contributed by atoms with Gasteiger partial charge in [0.25, 0.3) is 0 Å². The van der Waals surface area contributed by atoms with Gasteiger partial charge in [0.15, 0.2) is 0 Å². The lowest BCUT2D eigenvalue weighted by atomic mass is 9.87. The minimum atomic E-state index is -0.729. The van der Waals surface area contributed by atoms with Crippen LogP contribution < -0.4 is 0 Å². The molecule has 0 aromatic carbocycles. The molecule has 2 aromatic rings. The summed E-state index contributed by atoms with van der Waals surface area (Å²) in [6.45, 7) is 6.21. The van der Waals surface area contributed by atoms with Gasteiger partial charge in [0.2, 0.25) is 0 Å². The minimum absolute atomic E-state index is 0.487. The van der Waals surface area contributed by atoms with Crippen molar-refractivity contribution in [1.29, 1.82) is 0 Å². The molecule has 0 aliphatic carbocycles. The molecule has 0 spiro atoms. The molecule has 3 heteroatoms. The van der Waals surface area contributed by atoms with Crippen LogP contribution in [0.5, 0.6) is 0 Å². The fourth-order valence-corrected chi connectivity index (χ4v) is 4.14. The van der Waals surface area contributed by atoms with Crippen LogP contribution in [-0.2, 0) is 5.60 Å². The van der Waals surface area contributed by atoms with Gasteiger partial charge in [-0.3, -0.25) is 0 Å². The second-order valence-corrected chi connectivity index (χ2v) is 6.88. The molecule has 1 N–H and O–H groups in total. The zero-order valence-electron chi connectivity index (χ0n) is 10.4. The van der Waals surface area contributed by atoms with Crippen molar-refractivity contribution in [2.75, 3.05) is 0 Å². The van der Waals surface area contributed by atoms with Gasteiger partial charge in [0.1, 0.15) is 0 Å². The second-order valence-electron chi connectivity index (χ2n) is 5.01. The molecule has 0 aliphatic heterocycles. The molecule has 92 valence electrons. The van der Waals surface area contributed by atoms with Crippen molar-refractivity contribution < 1.29 is 5.11 Å². The third-order valence-electron chi connectivity index (χ3n) is 2.80. The van der Waals surface area contributed by atoms with Crippen molar-refractivity contribution in [3.8, 4) is 9.75 Å². The Bertz CT molecular complexity index is 466. The average Bonchev–Trinajstić information content (AvgIpc) is 2.86. The number of aliphatic hydroxyl groups is 1. The van der Waals surface area contributed by atoms with Crippen LogP contribution in [0.4, 0.5) is 0 Å². The maximum absolute atomic E-state index is 10.6. The first-order chi connectivity index (χ1) is 8.00. The van der Waals surface area contributed by atoms with Gasteiger partial charge in [-0.25, -0.2) is 0 Å². The lowest BCUT2D eigenvalue weighted by molar-refractivity contribution is 0.0358. The number of hydrogen-bond donors (Lipinski definition) is 1. The van der Waals surface area contributed by atoms with E-state index in [1.54, 1.807) is 22.7 Å². The van der Waals surface area contributed by atoms with Crippen molar-refractivity contribution >= 4 is 22.7 Å². The highest BCUT2D eigenvalue weighted by Crippen LogP contribution is 2.40. The first kappa shape index (κ1) is 12.8. The van der Waals surface area contributed by atoms with E-state index in [9.17, 15) is 5.11 Å². The molecule has 1 unspecified atom stereocenters. The molecular weight excluding hydrogens is 248 g/mol. The van der Waals surface area contributed by atoms with E-state index in [0.29, 0.717) is 5.92 Å². The van der Waals surface area contributed by atoms with Crippen molar-refractivity contribution in [3.63, 3.8) is 0 Å². The smallest absolute Gasteiger partial charge is 0.0885 e. The molecule has 0 saturated heterocycles. The summed E-state index contributed by atoms with van der Waals surface area (Å²) < 4.78 is 0. The zero-order chi connectivity index (χ0) is 12.5. The van der Waals surface area contributed by atoms with Crippen LogP contribution in [0.15, 0.2) is 29.0 Å². The van der Waals surface area contributed by atoms with Gasteiger partial charge in [0.05, 0.1) is 10.5 Å². The van der Waals surface area contributed by atoms with Gasteiger partial charge in [-0.1, -0.05) is 19.9 Å². The largest absolute Gasteiger partial charge is 0.385 e. The quantitative estimate of drug-likeness (QED) is 0.848. The van der Waals surface area contributed by atoms with Gasteiger partial charge in [-0.15, -0.1) is 22.7 Å². The number of hydrogen-bond acceptors (Lipinski definition) is 3. The van der Waals surface area contributed by atoms with Crippen molar-refractivity contribution in [2.24, 2.45) is 5.92 Å². The number of thiophene rings is 2. The fraction of sp³-hybridized carbons (Fsp3) is 0.429. The highest BCUT2D eigenvalue weighted by Gasteiger charge is 2.28. The first-order valence-corrected chi connectivity index (χ1v) is 7.61. The Morgan fingerprint density at radius 3 is 2.59 bits per heavy atom. The van der Waals surface area contributed by atoms with E-state index < -0.39 is 5.60 Å². The third kappa shape index (κ3) is 2.79. The van der Waals surface area contributed by atoms with Gasteiger partial charge in [-0.2, -0.15) is 0 Å². The third-order valence-corrected chi connectivity index (χ3v) is 4.76. The Hall–Kier alpha value is -0.640. The normalized spacial score (nSPS) is 15.1. The Labute approximate surface area is 111 Å². The maximum atomic E-state index is 10.6. The summed E-state index contributed by atoms with van der Waals surface area (Å²) in [6.07, 6.45) is 0.794. The zero-order valence-corrected chi connectivity index (χ0v) is 12.1. The van der Waals surface area contributed by atoms with E-state index in [0.717, 1.165) is 12.0 Å². The molecule has 0 bridgehead atoms. The van der Waals surface area contributed by atoms with E-state index in [1.165, 1.54) is 9.75 Å². The molecular formula is C14H18OS2. The molecule has 0 amide bonds. The monoisotopic (exact) mass is 266 g/mol. The van der Waals surface area contributed by atoms with E-state index in [1.807, 2.05) is 6.92 Å². The van der Waals surface area contributed by atoms with Gasteiger partial charge in [0, 0.05) is 10.4 Å². The summed E-state index contributed by atoms with van der Waals surface area (Å²) in [5.41, 5.74) is 0.340. The maximum Gasteiger partial charge on any atom is 0.0885 e. The number of rotatable bonds is 4. The minimum Gasteiger partial charge on any atom is -0.385 e. The topological polar surface area (TPSA) is 20.2 Å². The second kappa shape index (κ2) is 4.92. The lowest BCUT2D eigenvalue weighted by Crippen LogP contribution is -2.23.